The molecule has 1 N–H and O–H groups in total. The van der Waals surface area contributed by atoms with Crippen LogP contribution in [0.4, 0.5) is 0 Å². The van der Waals surface area contributed by atoms with E-state index in [-0.39, 0.29) is 11.7 Å². The van der Waals surface area contributed by atoms with Gasteiger partial charge in [-0.05, 0) is 11.8 Å². The summed E-state index contributed by atoms with van der Waals surface area (Å²) in [5, 5.41) is 0. The predicted molar refractivity (Wildman–Crippen MR) is 44.6 cm³/mol. The number of ketones is 1. The SMILES string of the molecule is COC(=O)C(NCl)C(=O)C(C)C. The number of Topliss-reactive ketones (excluding diaryl/α,β-unsaturated/α-hetero) is 1. The van der Waals surface area contributed by atoms with Gasteiger partial charge in [-0.3, -0.25) is 4.79 Å². The third kappa shape index (κ3) is 2.79. The van der Waals surface area contributed by atoms with Crippen molar-refractivity contribution in [1.29, 1.82) is 0 Å². The van der Waals surface area contributed by atoms with Gasteiger partial charge in [-0.25, -0.2) is 9.63 Å². The number of esters is 1. The minimum atomic E-state index is -1.06. The Balaban J connectivity index is 4.34. The van der Waals surface area contributed by atoms with Crippen LogP contribution in [0.25, 0.3) is 0 Å². The van der Waals surface area contributed by atoms with Gasteiger partial charge >= 0.3 is 5.97 Å². The number of halogens is 1. The molecule has 0 rings (SSSR count). The first-order chi connectivity index (χ1) is 5.54. The van der Waals surface area contributed by atoms with Crippen LogP contribution in [-0.2, 0) is 14.3 Å². The molecule has 0 aliphatic heterocycles. The van der Waals surface area contributed by atoms with Crippen molar-refractivity contribution in [3.05, 3.63) is 0 Å². The molecular weight excluding hydrogens is 182 g/mol. The predicted octanol–water partition coefficient (Wildman–Crippen LogP) is 0.496. The average Bonchev–Trinajstić information content (AvgIpc) is 2.05. The summed E-state index contributed by atoms with van der Waals surface area (Å²) in [6.45, 7) is 3.37. The highest BCUT2D eigenvalue weighted by molar-refractivity contribution is 6.18. The van der Waals surface area contributed by atoms with E-state index in [2.05, 4.69) is 9.57 Å². The molecule has 4 nitrogen and oxygen atoms in total. The van der Waals surface area contributed by atoms with Crippen molar-refractivity contribution in [2.24, 2.45) is 5.92 Å². The molecule has 0 saturated heterocycles. The Morgan fingerprint density at radius 2 is 1.92 bits per heavy atom. The lowest BCUT2D eigenvalue weighted by Crippen LogP contribution is -2.41. The fraction of sp³-hybridized carbons (Fsp3) is 0.714. The van der Waals surface area contributed by atoms with Gasteiger partial charge in [0.1, 0.15) is 0 Å². The first kappa shape index (κ1) is 11.4. The first-order valence-electron chi connectivity index (χ1n) is 3.52. The van der Waals surface area contributed by atoms with Gasteiger partial charge in [-0.2, -0.15) is 0 Å². The maximum atomic E-state index is 11.2. The van der Waals surface area contributed by atoms with Crippen LogP contribution >= 0.6 is 11.8 Å². The van der Waals surface area contributed by atoms with Gasteiger partial charge in [0, 0.05) is 5.92 Å². The molecule has 0 aromatic carbocycles. The maximum Gasteiger partial charge on any atom is 0.331 e. The van der Waals surface area contributed by atoms with E-state index in [1.54, 1.807) is 13.8 Å². The molecule has 0 saturated carbocycles. The molecule has 0 aliphatic carbocycles. The van der Waals surface area contributed by atoms with Crippen molar-refractivity contribution in [3.8, 4) is 0 Å². The van der Waals surface area contributed by atoms with Crippen LogP contribution in [0.3, 0.4) is 0 Å². The number of hydrogen-bond donors (Lipinski definition) is 1. The highest BCUT2D eigenvalue weighted by Gasteiger charge is 2.28. The van der Waals surface area contributed by atoms with Crippen LogP contribution in [0.15, 0.2) is 0 Å². The van der Waals surface area contributed by atoms with Crippen LogP contribution in [0, 0.1) is 5.92 Å². The molecule has 0 aliphatic rings. The number of methoxy groups -OCH3 is 1. The molecule has 70 valence electrons. The van der Waals surface area contributed by atoms with E-state index in [0.29, 0.717) is 0 Å². The number of rotatable bonds is 4. The Morgan fingerprint density at radius 1 is 1.42 bits per heavy atom. The van der Waals surface area contributed by atoms with Crippen LogP contribution in [-0.4, -0.2) is 24.9 Å². The Kier molecular flexibility index (Phi) is 4.85. The van der Waals surface area contributed by atoms with Gasteiger partial charge in [-0.1, -0.05) is 13.8 Å². The summed E-state index contributed by atoms with van der Waals surface area (Å²) >= 11 is 5.21. The van der Waals surface area contributed by atoms with Crippen molar-refractivity contribution in [2.45, 2.75) is 19.9 Å². The number of carbonyl (C=O) groups is 2. The highest BCUT2D eigenvalue weighted by atomic mass is 35.5. The Hall–Kier alpha value is -0.610. The second kappa shape index (κ2) is 5.11. The molecule has 0 spiro atoms. The van der Waals surface area contributed by atoms with Gasteiger partial charge in [0.2, 0.25) is 0 Å². The van der Waals surface area contributed by atoms with E-state index >= 15 is 0 Å². The molecule has 0 fully saturated rings. The summed E-state index contributed by atoms with van der Waals surface area (Å²) < 4.78 is 4.37. The van der Waals surface area contributed by atoms with Gasteiger partial charge in [0.15, 0.2) is 11.8 Å². The zero-order valence-electron chi connectivity index (χ0n) is 7.26. The fourth-order valence-electron chi connectivity index (χ4n) is 0.666. The molecular formula is C7H12ClNO3. The molecule has 1 unspecified atom stereocenters. The van der Waals surface area contributed by atoms with Crippen molar-refractivity contribution < 1.29 is 14.3 Å². The average molecular weight is 194 g/mol. The molecule has 0 amide bonds. The maximum absolute atomic E-state index is 11.2. The van der Waals surface area contributed by atoms with E-state index in [4.69, 9.17) is 11.8 Å². The molecule has 0 heterocycles. The summed E-state index contributed by atoms with van der Waals surface area (Å²) in [4.78, 5) is 24.2. The smallest absolute Gasteiger partial charge is 0.331 e. The second-order valence-corrected chi connectivity index (χ2v) is 2.84. The Bertz CT molecular complexity index is 181. The van der Waals surface area contributed by atoms with Crippen molar-refractivity contribution in [3.63, 3.8) is 0 Å². The summed E-state index contributed by atoms with van der Waals surface area (Å²) in [5.74, 6) is -1.19. The van der Waals surface area contributed by atoms with E-state index in [0.717, 1.165) is 0 Å². The topological polar surface area (TPSA) is 55.4 Å². The van der Waals surface area contributed by atoms with Crippen molar-refractivity contribution >= 4 is 23.5 Å². The van der Waals surface area contributed by atoms with E-state index in [9.17, 15) is 9.59 Å². The number of hydrogen-bond acceptors (Lipinski definition) is 4. The first-order valence-corrected chi connectivity index (χ1v) is 3.90. The molecule has 0 bridgehead atoms. The van der Waals surface area contributed by atoms with Crippen LogP contribution in [0.5, 0.6) is 0 Å². The normalized spacial score (nSPS) is 12.8. The Labute approximate surface area is 76.3 Å². The lowest BCUT2D eigenvalue weighted by Gasteiger charge is -2.12. The molecule has 1 atom stereocenters. The standard InChI is InChI=1S/C7H12ClNO3/c1-4(2)6(10)5(9-8)7(11)12-3/h4-5,9H,1-3H3. The van der Waals surface area contributed by atoms with Crippen molar-refractivity contribution in [2.75, 3.05) is 7.11 Å². The van der Waals surface area contributed by atoms with E-state index in [1.807, 2.05) is 0 Å². The van der Waals surface area contributed by atoms with Gasteiger partial charge < -0.3 is 4.74 Å². The number of ether oxygens (including phenoxy) is 1. The van der Waals surface area contributed by atoms with Gasteiger partial charge in [-0.15, -0.1) is 0 Å². The zero-order chi connectivity index (χ0) is 9.72. The Morgan fingerprint density at radius 3 is 2.17 bits per heavy atom. The van der Waals surface area contributed by atoms with Crippen LogP contribution < -0.4 is 4.84 Å². The zero-order valence-corrected chi connectivity index (χ0v) is 8.01. The second-order valence-electron chi connectivity index (χ2n) is 2.62. The molecule has 0 radical (unpaired) electrons. The summed E-state index contributed by atoms with van der Waals surface area (Å²) in [6, 6.07) is -1.06. The van der Waals surface area contributed by atoms with E-state index < -0.39 is 12.0 Å². The molecule has 0 aromatic heterocycles. The van der Waals surface area contributed by atoms with E-state index in [1.165, 1.54) is 7.11 Å². The van der Waals surface area contributed by atoms with Crippen LogP contribution in [0.1, 0.15) is 13.8 Å². The summed E-state index contributed by atoms with van der Waals surface area (Å²) in [7, 11) is 1.21. The highest BCUT2D eigenvalue weighted by Crippen LogP contribution is 2.02. The monoisotopic (exact) mass is 193 g/mol. The lowest BCUT2D eigenvalue weighted by molar-refractivity contribution is -0.146. The van der Waals surface area contributed by atoms with Gasteiger partial charge in [0.05, 0.1) is 7.11 Å². The van der Waals surface area contributed by atoms with Crippen molar-refractivity contribution in [1.82, 2.24) is 4.84 Å². The fourth-order valence-corrected chi connectivity index (χ4v) is 0.862. The van der Waals surface area contributed by atoms with Crippen LogP contribution in [0.2, 0.25) is 0 Å². The number of carbonyl (C=O) groups excluding carboxylic acids is 2. The minimum absolute atomic E-state index is 0.250. The molecule has 5 heteroatoms. The molecule has 12 heavy (non-hydrogen) atoms. The van der Waals surface area contributed by atoms with Gasteiger partial charge in [0.25, 0.3) is 0 Å². The minimum Gasteiger partial charge on any atom is -0.467 e. The molecule has 0 aromatic rings. The third-order valence-corrected chi connectivity index (χ3v) is 1.62. The lowest BCUT2D eigenvalue weighted by atomic mass is 10.0. The summed E-state index contributed by atoms with van der Waals surface area (Å²) in [6.07, 6.45) is 0. The largest absolute Gasteiger partial charge is 0.467 e. The summed E-state index contributed by atoms with van der Waals surface area (Å²) in [5.41, 5.74) is 0. The third-order valence-electron chi connectivity index (χ3n) is 1.40. The quantitative estimate of drug-likeness (QED) is 0.401. The number of nitrogens with one attached hydrogen (secondary N) is 1.